The Balaban J connectivity index is 1.37. The predicted octanol–water partition coefficient (Wildman–Crippen LogP) is 4.54. The molecule has 3 aromatic rings. The monoisotopic (exact) mass is 477 g/mol. The second-order valence-electron chi connectivity index (χ2n) is 8.38. The number of primary amides is 1. The molecule has 0 spiro atoms. The summed E-state index contributed by atoms with van der Waals surface area (Å²) in [5.74, 6) is -0.109. The summed E-state index contributed by atoms with van der Waals surface area (Å²) in [5, 5.41) is 0.769. The van der Waals surface area contributed by atoms with Crippen LogP contribution in [0.2, 0.25) is 5.02 Å². The van der Waals surface area contributed by atoms with Crippen molar-refractivity contribution in [1.29, 1.82) is 0 Å². The van der Waals surface area contributed by atoms with E-state index in [-0.39, 0.29) is 18.6 Å². The first-order valence-electron chi connectivity index (χ1n) is 11.3. The van der Waals surface area contributed by atoms with Gasteiger partial charge in [-0.15, -0.1) is 0 Å². The minimum Gasteiger partial charge on any atom is -0.488 e. The molecule has 0 bridgehead atoms. The van der Waals surface area contributed by atoms with Crippen LogP contribution in [0.4, 0.5) is 0 Å². The molecule has 3 aromatic carbocycles. The van der Waals surface area contributed by atoms with Gasteiger partial charge in [0.1, 0.15) is 12.4 Å². The Labute approximate surface area is 204 Å². The topological polar surface area (TPSA) is 75.9 Å². The third kappa shape index (κ3) is 5.41. The Hall–Kier alpha value is -3.35. The molecule has 7 heteroatoms. The maximum atomic E-state index is 13.2. The molecule has 4 rings (SSSR count). The molecule has 2 N–H and O–H groups in total. The molecule has 6 nitrogen and oxygen atoms in total. The van der Waals surface area contributed by atoms with E-state index >= 15 is 0 Å². The Morgan fingerprint density at radius 3 is 2.41 bits per heavy atom. The van der Waals surface area contributed by atoms with Crippen molar-refractivity contribution in [1.82, 2.24) is 9.80 Å². The fourth-order valence-corrected chi connectivity index (χ4v) is 4.55. The number of nitrogens with zero attached hydrogens (tertiary/aromatic N) is 2. The van der Waals surface area contributed by atoms with Crippen molar-refractivity contribution in [2.45, 2.75) is 19.6 Å². The Kier molecular flexibility index (Phi) is 7.50. The van der Waals surface area contributed by atoms with E-state index < -0.39 is 5.91 Å². The van der Waals surface area contributed by atoms with Crippen molar-refractivity contribution >= 4 is 23.4 Å². The van der Waals surface area contributed by atoms with Crippen molar-refractivity contribution in [2.75, 3.05) is 26.2 Å². The fourth-order valence-electron chi connectivity index (χ4n) is 4.26. The van der Waals surface area contributed by atoms with E-state index in [0.717, 1.165) is 29.2 Å². The van der Waals surface area contributed by atoms with E-state index in [9.17, 15) is 9.59 Å². The summed E-state index contributed by atoms with van der Waals surface area (Å²) in [4.78, 5) is 29.0. The standard InChI is InChI=1S/C27H28ClN3O3/c1-19(22-9-2-4-11-24(22)28)30-13-15-31(16-14-30)27(33)21-8-6-7-20(17-21)18-34-25-12-5-3-10-23(25)26(29)32/h2-12,17,19H,13-16,18H2,1H3,(H2,29,32). The average molecular weight is 478 g/mol. The molecule has 1 heterocycles. The third-order valence-electron chi connectivity index (χ3n) is 6.23. The number of amides is 2. The van der Waals surface area contributed by atoms with Gasteiger partial charge in [0.15, 0.2) is 0 Å². The highest BCUT2D eigenvalue weighted by atomic mass is 35.5. The van der Waals surface area contributed by atoms with E-state index in [2.05, 4.69) is 17.9 Å². The number of para-hydroxylation sites is 1. The van der Waals surface area contributed by atoms with Gasteiger partial charge in [-0.1, -0.05) is 54.1 Å². The normalized spacial score (nSPS) is 15.1. The highest BCUT2D eigenvalue weighted by molar-refractivity contribution is 6.31. The summed E-state index contributed by atoms with van der Waals surface area (Å²) in [5.41, 5.74) is 8.32. The lowest BCUT2D eigenvalue weighted by Gasteiger charge is -2.38. The molecule has 0 aromatic heterocycles. The summed E-state index contributed by atoms with van der Waals surface area (Å²) >= 11 is 6.38. The molecule has 0 aliphatic carbocycles. The van der Waals surface area contributed by atoms with Crippen LogP contribution >= 0.6 is 11.6 Å². The number of carbonyl (C=O) groups excluding carboxylic acids is 2. The molecule has 1 atom stereocenters. The number of ether oxygens (including phenoxy) is 1. The molecule has 1 fully saturated rings. The smallest absolute Gasteiger partial charge is 0.253 e. The van der Waals surface area contributed by atoms with E-state index in [1.165, 1.54) is 0 Å². The highest BCUT2D eigenvalue weighted by Crippen LogP contribution is 2.28. The van der Waals surface area contributed by atoms with Gasteiger partial charge in [0.05, 0.1) is 5.56 Å². The van der Waals surface area contributed by atoms with Crippen LogP contribution in [-0.4, -0.2) is 47.8 Å². The fraction of sp³-hybridized carbons (Fsp3) is 0.259. The van der Waals surface area contributed by atoms with Gasteiger partial charge in [0, 0.05) is 42.8 Å². The summed E-state index contributed by atoms with van der Waals surface area (Å²) < 4.78 is 5.81. The van der Waals surface area contributed by atoms with Crippen LogP contribution in [0.15, 0.2) is 72.8 Å². The molecular formula is C27H28ClN3O3. The Bertz CT molecular complexity index is 1180. The number of piperazine rings is 1. The minimum absolute atomic E-state index is 0.00410. The molecule has 0 saturated carbocycles. The van der Waals surface area contributed by atoms with Gasteiger partial charge in [-0.25, -0.2) is 0 Å². The van der Waals surface area contributed by atoms with Gasteiger partial charge in [0.25, 0.3) is 11.8 Å². The lowest BCUT2D eigenvalue weighted by molar-refractivity contribution is 0.0582. The van der Waals surface area contributed by atoms with Gasteiger partial charge in [0.2, 0.25) is 0 Å². The van der Waals surface area contributed by atoms with Crippen LogP contribution in [-0.2, 0) is 6.61 Å². The predicted molar refractivity (Wildman–Crippen MR) is 133 cm³/mol. The molecule has 1 unspecified atom stereocenters. The van der Waals surface area contributed by atoms with Crippen LogP contribution in [0.3, 0.4) is 0 Å². The van der Waals surface area contributed by atoms with Crippen LogP contribution in [0, 0.1) is 0 Å². The zero-order valence-electron chi connectivity index (χ0n) is 19.1. The lowest BCUT2D eigenvalue weighted by atomic mass is 10.1. The number of hydrogen-bond donors (Lipinski definition) is 1. The number of hydrogen-bond acceptors (Lipinski definition) is 4. The first kappa shape index (κ1) is 23.8. The Morgan fingerprint density at radius 1 is 0.971 bits per heavy atom. The van der Waals surface area contributed by atoms with E-state index in [1.807, 2.05) is 47.4 Å². The molecule has 0 radical (unpaired) electrons. The Morgan fingerprint density at radius 2 is 1.68 bits per heavy atom. The maximum Gasteiger partial charge on any atom is 0.253 e. The molecule has 2 amide bonds. The van der Waals surface area contributed by atoms with Crippen molar-refractivity contribution in [3.8, 4) is 5.75 Å². The van der Waals surface area contributed by atoms with Gasteiger partial charge in [-0.05, 0) is 48.4 Å². The van der Waals surface area contributed by atoms with E-state index in [1.54, 1.807) is 24.3 Å². The first-order chi connectivity index (χ1) is 16.4. The second kappa shape index (κ2) is 10.7. The summed E-state index contributed by atoms with van der Waals surface area (Å²) in [6, 6.07) is 22.4. The van der Waals surface area contributed by atoms with Gasteiger partial charge in [-0.3, -0.25) is 14.5 Å². The number of rotatable bonds is 7. The number of nitrogens with two attached hydrogens (primary N) is 1. The zero-order chi connectivity index (χ0) is 24.1. The molecule has 1 aliphatic rings. The molecular weight excluding hydrogens is 450 g/mol. The largest absolute Gasteiger partial charge is 0.488 e. The quantitative estimate of drug-likeness (QED) is 0.542. The van der Waals surface area contributed by atoms with Crippen LogP contribution in [0.5, 0.6) is 5.75 Å². The van der Waals surface area contributed by atoms with Crippen molar-refractivity contribution < 1.29 is 14.3 Å². The van der Waals surface area contributed by atoms with Crippen LogP contribution in [0.25, 0.3) is 0 Å². The van der Waals surface area contributed by atoms with Gasteiger partial charge >= 0.3 is 0 Å². The molecule has 176 valence electrons. The van der Waals surface area contributed by atoms with Crippen molar-refractivity contribution in [2.24, 2.45) is 5.73 Å². The van der Waals surface area contributed by atoms with Crippen molar-refractivity contribution in [3.05, 3.63) is 100 Å². The molecule has 34 heavy (non-hydrogen) atoms. The maximum absolute atomic E-state index is 13.2. The van der Waals surface area contributed by atoms with E-state index in [4.69, 9.17) is 22.1 Å². The second-order valence-corrected chi connectivity index (χ2v) is 8.78. The summed E-state index contributed by atoms with van der Waals surface area (Å²) in [6.45, 7) is 5.25. The summed E-state index contributed by atoms with van der Waals surface area (Å²) in [6.07, 6.45) is 0. The SMILES string of the molecule is CC(c1ccccc1Cl)N1CCN(C(=O)c2cccc(COc3ccccc3C(N)=O)c2)CC1. The van der Waals surface area contributed by atoms with Crippen LogP contribution < -0.4 is 10.5 Å². The number of carbonyl (C=O) groups is 2. The first-order valence-corrected chi connectivity index (χ1v) is 11.7. The lowest BCUT2D eigenvalue weighted by Crippen LogP contribution is -2.49. The van der Waals surface area contributed by atoms with Crippen LogP contribution in [0.1, 0.15) is 44.8 Å². The number of halogens is 1. The van der Waals surface area contributed by atoms with Gasteiger partial charge < -0.3 is 15.4 Å². The molecule has 1 aliphatic heterocycles. The molecule has 1 saturated heterocycles. The highest BCUT2D eigenvalue weighted by Gasteiger charge is 2.26. The van der Waals surface area contributed by atoms with E-state index in [0.29, 0.717) is 30.0 Å². The zero-order valence-corrected chi connectivity index (χ0v) is 19.9. The average Bonchev–Trinajstić information content (AvgIpc) is 2.87. The minimum atomic E-state index is -0.539. The third-order valence-corrected chi connectivity index (χ3v) is 6.57. The summed E-state index contributed by atoms with van der Waals surface area (Å²) in [7, 11) is 0. The number of benzene rings is 3. The van der Waals surface area contributed by atoms with Gasteiger partial charge in [-0.2, -0.15) is 0 Å². The van der Waals surface area contributed by atoms with Crippen molar-refractivity contribution in [3.63, 3.8) is 0 Å².